The van der Waals surface area contributed by atoms with Crippen LogP contribution in [0.4, 0.5) is 13.2 Å². The van der Waals surface area contributed by atoms with Crippen molar-refractivity contribution in [2.75, 3.05) is 0 Å². The fourth-order valence-corrected chi connectivity index (χ4v) is 10.6. The molecule has 0 unspecified atom stereocenters. The second-order valence-electron chi connectivity index (χ2n) is 20.8. The van der Waals surface area contributed by atoms with Gasteiger partial charge in [0.15, 0.2) is 0 Å². The first-order valence-electron chi connectivity index (χ1n) is 25.4. The summed E-state index contributed by atoms with van der Waals surface area (Å²) in [5.41, 5.74) is 3.99. The molecule has 0 saturated carbocycles. The summed E-state index contributed by atoms with van der Waals surface area (Å²) in [6, 6.07) is 78.7. The Bertz CT molecular complexity index is 4400. The Morgan fingerprint density at radius 2 is 0.610 bits per heavy atom. The number of halogens is 3. The molecule has 0 N–H and O–H groups in total. The zero-order valence-corrected chi connectivity index (χ0v) is 43.4. The van der Waals surface area contributed by atoms with Crippen LogP contribution in [-0.4, -0.2) is 32.2 Å². The average molecular weight is 1040 g/mol. The van der Waals surface area contributed by atoms with Crippen molar-refractivity contribution in [1.82, 2.24) is 0 Å². The highest BCUT2D eigenvalue weighted by Gasteiger charge is 2.52. The van der Waals surface area contributed by atoms with Crippen LogP contribution in [0.15, 0.2) is 231 Å². The first-order chi connectivity index (χ1) is 36.9. The standard InChI is InChI=1S/C36H31BO2.C31H19F3O3S/c1-35(2)36(3,4)39-37(38-35)34-18-17-32-22-31(15-16-33(32)23-34)30-14-13-28-20-27(11-12-29(28)21-30)26-10-9-24-7-5-6-8-25(24)19-26;32-31(33,34)38(35,36)37-30-14-13-28-18-27(11-12-29(28)19-30)26-10-9-24-16-23(7-8-25(24)17-26)22-6-5-20-3-1-2-4-21(20)15-22/h5-23H,1-4H3;1-19H. The molecule has 10 heteroatoms. The summed E-state index contributed by atoms with van der Waals surface area (Å²) in [4.78, 5) is 0. The van der Waals surface area contributed by atoms with E-state index in [2.05, 4.69) is 208 Å². The third-order valence-electron chi connectivity index (χ3n) is 15.2. The fourth-order valence-electron chi connectivity index (χ4n) is 10.1. The number of rotatable bonds is 7. The van der Waals surface area contributed by atoms with Gasteiger partial charge >= 0.3 is 22.7 Å². The molecule has 0 amide bonds. The molecule has 0 aliphatic carbocycles. The van der Waals surface area contributed by atoms with Crippen LogP contribution in [-0.2, 0) is 19.4 Å². The summed E-state index contributed by atoms with van der Waals surface area (Å²) in [7, 11) is -6.07. The maximum Gasteiger partial charge on any atom is 0.534 e. The molecule has 0 bridgehead atoms. The van der Waals surface area contributed by atoms with Crippen molar-refractivity contribution in [3.8, 4) is 50.3 Å². The monoisotopic (exact) mass is 1030 g/mol. The smallest absolute Gasteiger partial charge is 0.399 e. The van der Waals surface area contributed by atoms with Crippen LogP contribution in [0.1, 0.15) is 27.7 Å². The molecule has 12 aromatic rings. The zero-order chi connectivity index (χ0) is 53.3. The van der Waals surface area contributed by atoms with Gasteiger partial charge in [-0.15, -0.1) is 0 Å². The van der Waals surface area contributed by atoms with Crippen LogP contribution >= 0.6 is 0 Å². The molecule has 0 aromatic heterocycles. The first kappa shape index (κ1) is 49.6. The van der Waals surface area contributed by atoms with Crippen molar-refractivity contribution >= 4 is 87.3 Å². The highest BCUT2D eigenvalue weighted by Crippen LogP contribution is 2.38. The first-order valence-corrected chi connectivity index (χ1v) is 26.8. The molecule has 1 fully saturated rings. The molecule has 1 saturated heterocycles. The Morgan fingerprint density at radius 3 is 0.948 bits per heavy atom. The quantitative estimate of drug-likeness (QED) is 0.0904. The topological polar surface area (TPSA) is 61.8 Å². The highest BCUT2D eigenvalue weighted by atomic mass is 32.2. The second-order valence-corrected chi connectivity index (χ2v) is 22.3. The van der Waals surface area contributed by atoms with Gasteiger partial charge in [0.1, 0.15) is 5.75 Å². The maximum atomic E-state index is 12.6. The van der Waals surface area contributed by atoms with E-state index >= 15 is 0 Å². The number of fused-ring (bicyclic) bond motifs is 6. The molecule has 5 nitrogen and oxygen atoms in total. The van der Waals surface area contributed by atoms with Gasteiger partial charge in [-0.05, 0) is 203 Å². The van der Waals surface area contributed by atoms with Crippen LogP contribution in [0.25, 0.3) is 109 Å². The van der Waals surface area contributed by atoms with Crippen molar-refractivity contribution in [3.63, 3.8) is 0 Å². The van der Waals surface area contributed by atoms with E-state index in [9.17, 15) is 21.6 Å². The molecule has 77 heavy (non-hydrogen) atoms. The number of benzene rings is 12. The van der Waals surface area contributed by atoms with Gasteiger partial charge in [0, 0.05) is 0 Å². The Kier molecular flexibility index (Phi) is 12.3. The third-order valence-corrected chi connectivity index (χ3v) is 16.2. The summed E-state index contributed by atoms with van der Waals surface area (Å²) >= 11 is 0. The van der Waals surface area contributed by atoms with Crippen molar-refractivity contribution in [2.24, 2.45) is 0 Å². The Hall–Kier alpha value is -8.28. The molecule has 0 atom stereocenters. The van der Waals surface area contributed by atoms with E-state index < -0.39 is 21.4 Å². The lowest BCUT2D eigenvalue weighted by molar-refractivity contribution is -0.0500. The Balaban J connectivity index is 0.000000155. The van der Waals surface area contributed by atoms with E-state index in [1.54, 1.807) is 6.07 Å². The van der Waals surface area contributed by atoms with Gasteiger partial charge in [0.25, 0.3) is 0 Å². The molecule has 13 rings (SSSR count). The fraction of sp³-hybridized carbons (Fsp3) is 0.104. The van der Waals surface area contributed by atoms with Gasteiger partial charge in [0.2, 0.25) is 0 Å². The minimum atomic E-state index is -5.72. The summed E-state index contributed by atoms with van der Waals surface area (Å²) in [5.74, 6) is -0.393. The average Bonchev–Trinajstić information content (AvgIpc) is 3.75. The van der Waals surface area contributed by atoms with Gasteiger partial charge in [-0.2, -0.15) is 21.6 Å². The molecule has 12 aromatic carbocycles. The summed E-state index contributed by atoms with van der Waals surface area (Å²) in [6.07, 6.45) is 0. The maximum absolute atomic E-state index is 12.6. The lowest BCUT2D eigenvalue weighted by Gasteiger charge is -2.32. The van der Waals surface area contributed by atoms with Crippen molar-refractivity contribution in [1.29, 1.82) is 0 Å². The van der Waals surface area contributed by atoms with Crippen LogP contribution in [0.2, 0.25) is 0 Å². The molecule has 0 radical (unpaired) electrons. The van der Waals surface area contributed by atoms with E-state index in [0.717, 1.165) is 43.9 Å². The Labute approximate surface area is 445 Å². The summed E-state index contributed by atoms with van der Waals surface area (Å²) in [6.45, 7) is 8.37. The zero-order valence-electron chi connectivity index (χ0n) is 42.6. The molecule has 1 aliphatic rings. The molecule has 0 spiro atoms. The van der Waals surface area contributed by atoms with Gasteiger partial charge in [-0.3, -0.25) is 0 Å². The van der Waals surface area contributed by atoms with Crippen molar-refractivity contribution < 1.29 is 35.1 Å². The largest absolute Gasteiger partial charge is 0.534 e. The number of hydrogen-bond acceptors (Lipinski definition) is 5. The molecule has 1 aliphatic heterocycles. The van der Waals surface area contributed by atoms with Crippen molar-refractivity contribution in [3.05, 3.63) is 231 Å². The van der Waals surface area contributed by atoms with Gasteiger partial charge < -0.3 is 13.5 Å². The van der Waals surface area contributed by atoms with Gasteiger partial charge in [-0.1, -0.05) is 170 Å². The van der Waals surface area contributed by atoms with E-state index in [-0.39, 0.29) is 18.3 Å². The predicted molar refractivity (Wildman–Crippen MR) is 311 cm³/mol. The summed E-state index contributed by atoms with van der Waals surface area (Å²) < 4.78 is 77.3. The molecule has 1 heterocycles. The predicted octanol–water partition coefficient (Wildman–Crippen LogP) is 17.5. The highest BCUT2D eigenvalue weighted by molar-refractivity contribution is 7.88. The van der Waals surface area contributed by atoms with Crippen LogP contribution in [0, 0.1) is 0 Å². The van der Waals surface area contributed by atoms with Crippen LogP contribution in [0.3, 0.4) is 0 Å². The van der Waals surface area contributed by atoms with Crippen molar-refractivity contribution in [2.45, 2.75) is 44.4 Å². The van der Waals surface area contributed by atoms with Gasteiger partial charge in [-0.25, -0.2) is 0 Å². The third kappa shape index (κ3) is 9.81. The van der Waals surface area contributed by atoms with Gasteiger partial charge in [0.05, 0.1) is 11.2 Å². The molecular formula is C67H50BF3O5S. The van der Waals surface area contributed by atoms with E-state index in [4.69, 9.17) is 9.31 Å². The SMILES string of the molecule is CC1(C)OB(c2ccc3cc(-c4ccc5cc(-c6ccc7ccccc7c6)ccc5c4)ccc3c2)OC1(C)C.O=S(=O)(Oc1ccc2cc(-c3ccc4cc(-c5ccc6ccccc6c5)ccc4c3)ccc2c1)C(F)(F)F. The van der Waals surface area contributed by atoms with E-state index in [1.165, 1.54) is 83.5 Å². The summed E-state index contributed by atoms with van der Waals surface area (Å²) in [5, 5.41) is 13.3. The molecule has 378 valence electrons. The lowest BCUT2D eigenvalue weighted by atomic mass is 9.78. The molecular weight excluding hydrogens is 985 g/mol. The number of alkyl halides is 3. The number of hydrogen-bond donors (Lipinski definition) is 0. The second kappa shape index (κ2) is 19.1. The van der Waals surface area contributed by atoms with Crippen LogP contribution < -0.4 is 9.65 Å². The van der Waals surface area contributed by atoms with E-state index in [1.807, 2.05) is 30.3 Å². The minimum Gasteiger partial charge on any atom is -0.399 e. The normalized spacial score (nSPS) is 14.4. The lowest BCUT2D eigenvalue weighted by Crippen LogP contribution is -2.41. The van der Waals surface area contributed by atoms with E-state index in [0.29, 0.717) is 5.39 Å². The Morgan fingerprint density at radius 1 is 0.351 bits per heavy atom. The van der Waals surface area contributed by atoms with Crippen LogP contribution in [0.5, 0.6) is 5.75 Å². The minimum absolute atomic E-state index is 0.344.